The van der Waals surface area contributed by atoms with Crippen LogP contribution in [0.15, 0.2) is 72.8 Å². The lowest BCUT2D eigenvalue weighted by Gasteiger charge is -2.22. The second-order valence-electron chi connectivity index (χ2n) is 7.91. The Morgan fingerprint density at radius 3 is 1.53 bits per heavy atom. The fraction of sp³-hybridized carbons (Fsp3) is 0.308. The van der Waals surface area contributed by atoms with Crippen LogP contribution in [0.3, 0.4) is 0 Å². The molecule has 0 aliphatic heterocycles. The van der Waals surface area contributed by atoms with Crippen LogP contribution in [0.25, 0.3) is 0 Å². The van der Waals surface area contributed by atoms with Crippen molar-refractivity contribution in [3.8, 4) is 0 Å². The van der Waals surface area contributed by atoms with E-state index in [1.165, 1.54) is 35.4 Å². The zero-order valence-corrected chi connectivity index (χ0v) is 18.4. The van der Waals surface area contributed by atoms with Crippen LogP contribution in [-0.4, -0.2) is 31.1 Å². The third-order valence-corrected chi connectivity index (χ3v) is 5.29. The Morgan fingerprint density at radius 2 is 1.03 bits per heavy atom. The van der Waals surface area contributed by atoms with Gasteiger partial charge < -0.3 is 16.4 Å². The highest BCUT2D eigenvalue weighted by atomic mass is 19.1. The van der Waals surface area contributed by atoms with Gasteiger partial charge in [0, 0.05) is 52.4 Å². The average molecular weight is 439 g/mol. The number of hydrogen-bond donors (Lipinski definition) is 3. The Balaban J connectivity index is 1.39. The van der Waals surface area contributed by atoms with Gasteiger partial charge in [0.2, 0.25) is 0 Å². The fourth-order valence-corrected chi connectivity index (χ4v) is 3.50. The maximum atomic E-state index is 13.0. The van der Waals surface area contributed by atoms with Crippen LogP contribution in [-0.2, 0) is 26.2 Å². The van der Waals surface area contributed by atoms with Gasteiger partial charge in [-0.05, 0) is 46.5 Å². The second-order valence-corrected chi connectivity index (χ2v) is 7.91. The van der Waals surface area contributed by atoms with Gasteiger partial charge in [-0.25, -0.2) is 8.78 Å². The summed E-state index contributed by atoms with van der Waals surface area (Å²) in [7, 11) is 0. The average Bonchev–Trinajstić information content (AvgIpc) is 2.80. The Kier molecular flexibility index (Phi) is 9.78. The molecule has 32 heavy (non-hydrogen) atoms. The molecule has 0 aliphatic carbocycles. The van der Waals surface area contributed by atoms with Crippen LogP contribution in [0.5, 0.6) is 0 Å². The van der Waals surface area contributed by atoms with Gasteiger partial charge in [-0.2, -0.15) is 0 Å². The summed E-state index contributed by atoms with van der Waals surface area (Å²) in [5, 5.41) is 6.80. The van der Waals surface area contributed by atoms with E-state index in [4.69, 9.17) is 5.73 Å². The molecule has 0 unspecified atom stereocenters. The van der Waals surface area contributed by atoms with Gasteiger partial charge in [-0.1, -0.05) is 48.5 Å². The normalized spacial score (nSPS) is 11.2. The molecule has 3 aromatic carbocycles. The molecule has 4 nitrogen and oxygen atoms in total. The van der Waals surface area contributed by atoms with Crippen LogP contribution in [0, 0.1) is 11.6 Å². The van der Waals surface area contributed by atoms with Crippen molar-refractivity contribution < 1.29 is 8.78 Å². The minimum absolute atomic E-state index is 0.211. The lowest BCUT2D eigenvalue weighted by molar-refractivity contribution is 0.272. The van der Waals surface area contributed by atoms with Gasteiger partial charge in [0.25, 0.3) is 0 Å². The lowest BCUT2D eigenvalue weighted by Crippen LogP contribution is -2.35. The van der Waals surface area contributed by atoms with E-state index in [-0.39, 0.29) is 11.6 Å². The van der Waals surface area contributed by atoms with Crippen molar-refractivity contribution in [1.82, 2.24) is 15.5 Å². The quantitative estimate of drug-likeness (QED) is 0.355. The molecule has 4 N–H and O–H groups in total. The van der Waals surface area contributed by atoms with Gasteiger partial charge in [0.15, 0.2) is 0 Å². The van der Waals surface area contributed by atoms with E-state index in [2.05, 4.69) is 39.8 Å². The number of rotatable bonds is 13. The van der Waals surface area contributed by atoms with Crippen molar-refractivity contribution in [1.29, 1.82) is 0 Å². The van der Waals surface area contributed by atoms with E-state index in [0.29, 0.717) is 13.1 Å². The van der Waals surface area contributed by atoms with E-state index in [1.54, 1.807) is 24.3 Å². The van der Waals surface area contributed by atoms with Gasteiger partial charge in [-0.15, -0.1) is 0 Å². The van der Waals surface area contributed by atoms with Crippen molar-refractivity contribution >= 4 is 0 Å². The van der Waals surface area contributed by atoms with Crippen LogP contribution in [0.1, 0.15) is 22.3 Å². The third kappa shape index (κ3) is 8.48. The number of nitrogens with two attached hydrogens (primary N) is 1. The molecule has 0 saturated heterocycles. The molecule has 3 rings (SSSR count). The predicted octanol–water partition coefficient (Wildman–Crippen LogP) is 3.81. The third-order valence-electron chi connectivity index (χ3n) is 5.29. The predicted molar refractivity (Wildman–Crippen MR) is 126 cm³/mol. The van der Waals surface area contributed by atoms with Crippen LogP contribution in [0.2, 0.25) is 0 Å². The Labute approximate surface area is 189 Å². The number of hydrogen-bond acceptors (Lipinski definition) is 4. The molecular formula is C26H32F2N4. The zero-order valence-electron chi connectivity index (χ0n) is 18.4. The first kappa shape index (κ1) is 24.0. The van der Waals surface area contributed by atoms with Gasteiger partial charge in [0.1, 0.15) is 11.6 Å². The van der Waals surface area contributed by atoms with Crippen LogP contribution >= 0.6 is 0 Å². The van der Waals surface area contributed by atoms with E-state index in [0.717, 1.165) is 50.4 Å². The Hall–Kier alpha value is -2.64. The van der Waals surface area contributed by atoms with Gasteiger partial charge in [0.05, 0.1) is 0 Å². The summed E-state index contributed by atoms with van der Waals surface area (Å²) in [6, 6.07) is 21.7. The fourth-order valence-electron chi connectivity index (χ4n) is 3.50. The maximum Gasteiger partial charge on any atom is 0.123 e. The molecule has 0 fully saturated rings. The molecule has 0 aromatic heterocycles. The van der Waals surface area contributed by atoms with Crippen molar-refractivity contribution in [2.45, 2.75) is 26.2 Å². The zero-order chi connectivity index (χ0) is 22.6. The highest BCUT2D eigenvalue weighted by Gasteiger charge is 2.06. The van der Waals surface area contributed by atoms with Crippen LogP contribution < -0.4 is 16.4 Å². The number of halogens is 2. The molecule has 0 bridgehead atoms. The van der Waals surface area contributed by atoms with Crippen LogP contribution in [0.4, 0.5) is 8.78 Å². The first-order chi connectivity index (χ1) is 15.6. The first-order valence-corrected chi connectivity index (χ1v) is 11.0. The largest absolute Gasteiger partial charge is 0.329 e. The first-order valence-electron chi connectivity index (χ1n) is 11.0. The monoisotopic (exact) mass is 438 g/mol. The number of benzene rings is 3. The molecule has 170 valence electrons. The summed E-state index contributed by atoms with van der Waals surface area (Å²) in [6.07, 6.45) is 0. The number of nitrogens with one attached hydrogen (secondary N) is 2. The molecule has 6 heteroatoms. The van der Waals surface area contributed by atoms with Gasteiger partial charge >= 0.3 is 0 Å². The van der Waals surface area contributed by atoms with Gasteiger partial charge in [-0.3, -0.25) is 4.90 Å². The maximum absolute atomic E-state index is 13.0. The molecule has 0 spiro atoms. The Morgan fingerprint density at radius 1 is 0.594 bits per heavy atom. The summed E-state index contributed by atoms with van der Waals surface area (Å²) in [5.41, 5.74) is 10.4. The standard InChI is InChI=1S/C26H32F2N4/c27-25-9-5-22(6-10-25)17-30-14-16-32(15-13-29)20-24-3-1-21(2-4-24)18-31-19-23-7-11-26(28)12-8-23/h1-12,30-31H,13-20,29H2. The summed E-state index contributed by atoms with van der Waals surface area (Å²) in [6.45, 7) is 6.20. The van der Waals surface area contributed by atoms with Crippen molar-refractivity contribution in [2.24, 2.45) is 5.73 Å². The molecule has 0 amide bonds. The van der Waals surface area contributed by atoms with Crippen molar-refractivity contribution in [3.05, 3.63) is 107 Å². The molecule has 3 aromatic rings. The summed E-state index contributed by atoms with van der Waals surface area (Å²) in [5.74, 6) is -0.422. The highest BCUT2D eigenvalue weighted by molar-refractivity contribution is 5.23. The molecule has 0 atom stereocenters. The molecule has 0 heterocycles. The van der Waals surface area contributed by atoms with Crippen molar-refractivity contribution in [3.63, 3.8) is 0 Å². The van der Waals surface area contributed by atoms with E-state index < -0.39 is 0 Å². The lowest BCUT2D eigenvalue weighted by atomic mass is 10.1. The minimum Gasteiger partial charge on any atom is -0.329 e. The Bertz CT molecular complexity index is 912. The molecule has 0 aliphatic rings. The summed E-state index contributed by atoms with van der Waals surface area (Å²) >= 11 is 0. The van der Waals surface area contributed by atoms with Crippen molar-refractivity contribution in [2.75, 3.05) is 26.2 Å². The summed E-state index contributed by atoms with van der Waals surface area (Å²) in [4.78, 5) is 2.33. The SMILES string of the molecule is NCCN(CCNCc1ccc(F)cc1)Cc1ccc(CNCc2ccc(F)cc2)cc1. The number of nitrogens with zero attached hydrogens (tertiary/aromatic N) is 1. The highest BCUT2D eigenvalue weighted by Crippen LogP contribution is 2.09. The minimum atomic E-state index is -0.211. The topological polar surface area (TPSA) is 53.3 Å². The van der Waals surface area contributed by atoms with E-state index in [1.807, 2.05) is 0 Å². The molecule has 0 radical (unpaired) electrons. The smallest absolute Gasteiger partial charge is 0.123 e. The molecular weight excluding hydrogens is 406 g/mol. The van der Waals surface area contributed by atoms with E-state index in [9.17, 15) is 8.78 Å². The summed E-state index contributed by atoms with van der Waals surface area (Å²) < 4.78 is 26.0. The van der Waals surface area contributed by atoms with E-state index >= 15 is 0 Å². The second kappa shape index (κ2) is 13.0. The molecule has 0 saturated carbocycles.